The molecule has 6 heteroatoms. The molecule has 0 heterocycles. The Labute approximate surface area is 161 Å². The molecule has 0 atom stereocenters. The summed E-state index contributed by atoms with van der Waals surface area (Å²) in [5.74, 6) is -0.178. The molecule has 0 fully saturated rings. The predicted molar refractivity (Wildman–Crippen MR) is 109 cm³/mol. The van der Waals surface area contributed by atoms with E-state index in [9.17, 15) is 9.36 Å². The summed E-state index contributed by atoms with van der Waals surface area (Å²) in [5, 5.41) is 0. The summed E-state index contributed by atoms with van der Waals surface area (Å²) in [6.45, 7) is 2.26. The third kappa shape index (κ3) is 18.4. The fraction of sp³-hybridized carbons (Fsp3) is 0.950. The van der Waals surface area contributed by atoms with Crippen molar-refractivity contribution in [2.75, 3.05) is 13.3 Å². The smallest absolute Gasteiger partial charge is 0.334 e. The van der Waals surface area contributed by atoms with E-state index in [4.69, 9.17) is 9.79 Å². The van der Waals surface area contributed by atoms with Crippen LogP contribution in [0.3, 0.4) is 0 Å². The van der Waals surface area contributed by atoms with Gasteiger partial charge >= 0.3 is 7.60 Å². The topological polar surface area (TPSA) is 77.8 Å². The Hall–Kier alpha value is -0.380. The molecule has 26 heavy (non-hydrogen) atoms. The molecule has 0 aromatic carbocycles. The van der Waals surface area contributed by atoms with Crippen LogP contribution >= 0.6 is 7.60 Å². The van der Waals surface area contributed by atoms with E-state index in [1.54, 1.807) is 0 Å². The van der Waals surface area contributed by atoms with Crippen LogP contribution in [0.1, 0.15) is 110 Å². The normalized spacial score (nSPS) is 11.7. The zero-order valence-corrected chi connectivity index (χ0v) is 18.0. The second kappa shape index (κ2) is 16.8. The van der Waals surface area contributed by atoms with Gasteiger partial charge < -0.3 is 14.7 Å². The molecule has 2 N–H and O–H groups in total. The number of carbonyl (C=O) groups excluding carboxylic acids is 1. The van der Waals surface area contributed by atoms with Gasteiger partial charge in [-0.25, -0.2) is 0 Å². The van der Waals surface area contributed by atoms with E-state index in [-0.39, 0.29) is 5.91 Å². The van der Waals surface area contributed by atoms with Gasteiger partial charge in [0.25, 0.3) is 0 Å². The van der Waals surface area contributed by atoms with Gasteiger partial charge in [-0.3, -0.25) is 9.36 Å². The average Bonchev–Trinajstić information content (AvgIpc) is 2.56. The Morgan fingerprint density at radius 1 is 0.731 bits per heavy atom. The first-order valence-electron chi connectivity index (χ1n) is 10.7. The van der Waals surface area contributed by atoms with Crippen molar-refractivity contribution in [3.05, 3.63) is 0 Å². The van der Waals surface area contributed by atoms with Gasteiger partial charge in [-0.05, 0) is 6.42 Å². The largest absolute Gasteiger partial charge is 0.344 e. The van der Waals surface area contributed by atoms with Gasteiger partial charge in [0.2, 0.25) is 5.91 Å². The number of unbranched alkanes of at least 4 members (excludes halogenated alkanes) is 14. The van der Waals surface area contributed by atoms with E-state index in [0.29, 0.717) is 6.42 Å². The van der Waals surface area contributed by atoms with Crippen molar-refractivity contribution in [3.63, 3.8) is 0 Å². The molecule has 1 amide bonds. The lowest BCUT2D eigenvalue weighted by Crippen LogP contribution is -2.27. The highest BCUT2D eigenvalue weighted by Crippen LogP contribution is 2.34. The molecule has 0 bridgehead atoms. The number of rotatable bonds is 18. The van der Waals surface area contributed by atoms with E-state index in [2.05, 4.69) is 6.92 Å². The molecule has 0 unspecified atom stereocenters. The van der Waals surface area contributed by atoms with Crippen molar-refractivity contribution in [2.24, 2.45) is 0 Å². The molecule has 0 radical (unpaired) electrons. The lowest BCUT2D eigenvalue weighted by atomic mass is 10.0. The average molecular weight is 392 g/mol. The van der Waals surface area contributed by atoms with Gasteiger partial charge in [0.05, 0.1) is 0 Å². The maximum absolute atomic E-state index is 11.7. The number of carbonyl (C=O) groups is 1. The molecule has 0 rings (SSSR count). The van der Waals surface area contributed by atoms with Crippen LogP contribution in [0.4, 0.5) is 0 Å². The molecule has 0 aromatic rings. The summed E-state index contributed by atoms with van der Waals surface area (Å²) in [7, 11) is -2.69. The predicted octanol–water partition coefficient (Wildman–Crippen LogP) is 5.84. The highest BCUT2D eigenvalue weighted by Gasteiger charge is 2.19. The van der Waals surface area contributed by atoms with Crippen molar-refractivity contribution in [1.29, 1.82) is 0 Å². The van der Waals surface area contributed by atoms with Crippen molar-refractivity contribution in [2.45, 2.75) is 110 Å². The first-order chi connectivity index (χ1) is 12.4. The number of nitrogens with zero attached hydrogens (tertiary/aromatic N) is 1. The Morgan fingerprint density at radius 2 is 1.08 bits per heavy atom. The lowest BCUT2D eigenvalue weighted by molar-refractivity contribution is -0.129. The molecule has 0 aliphatic carbocycles. The summed E-state index contributed by atoms with van der Waals surface area (Å²) in [6, 6.07) is 0. The zero-order valence-electron chi connectivity index (χ0n) is 17.1. The summed E-state index contributed by atoms with van der Waals surface area (Å²) in [4.78, 5) is 30.6. The SMILES string of the molecule is CCCCCCCCCCCCCCCCCC(=O)N(C)CP(=O)(O)O. The number of amides is 1. The van der Waals surface area contributed by atoms with Crippen molar-refractivity contribution >= 4 is 13.5 Å². The highest BCUT2D eigenvalue weighted by molar-refractivity contribution is 7.51. The Morgan fingerprint density at radius 3 is 1.42 bits per heavy atom. The Kier molecular flexibility index (Phi) is 16.5. The summed E-state index contributed by atoms with van der Waals surface area (Å²) >= 11 is 0. The molecular formula is C20H42NO4P. The van der Waals surface area contributed by atoms with E-state index in [1.807, 2.05) is 0 Å². The molecule has 0 aliphatic heterocycles. The summed E-state index contributed by atoms with van der Waals surface area (Å²) < 4.78 is 10.9. The van der Waals surface area contributed by atoms with Crippen LogP contribution in [0, 0.1) is 0 Å². The highest BCUT2D eigenvalue weighted by atomic mass is 31.2. The minimum absolute atomic E-state index is 0.178. The minimum atomic E-state index is -4.15. The third-order valence-electron chi connectivity index (χ3n) is 4.82. The van der Waals surface area contributed by atoms with Crippen molar-refractivity contribution in [3.8, 4) is 0 Å². The first-order valence-corrected chi connectivity index (χ1v) is 12.4. The van der Waals surface area contributed by atoms with E-state index >= 15 is 0 Å². The second-order valence-corrected chi connectivity index (χ2v) is 9.21. The summed E-state index contributed by atoms with van der Waals surface area (Å²) in [5.41, 5.74) is 0. The molecule has 0 saturated heterocycles. The third-order valence-corrected chi connectivity index (χ3v) is 5.61. The van der Waals surface area contributed by atoms with Crippen molar-refractivity contribution < 1.29 is 19.1 Å². The van der Waals surface area contributed by atoms with Crippen LogP contribution in [-0.2, 0) is 9.36 Å². The van der Waals surface area contributed by atoms with Crippen LogP contribution in [-0.4, -0.2) is 33.9 Å². The fourth-order valence-electron chi connectivity index (χ4n) is 3.19. The molecule has 0 aliphatic rings. The van der Waals surface area contributed by atoms with Crippen LogP contribution in [0.5, 0.6) is 0 Å². The molecular weight excluding hydrogens is 349 g/mol. The number of hydrogen-bond acceptors (Lipinski definition) is 2. The standard InChI is InChI=1S/C20H42NO4P/c1-3-4-5-6-7-8-9-10-11-12-13-14-15-16-17-18-20(22)21(2)19-26(23,24)25/h3-19H2,1-2H3,(H2,23,24,25). The van der Waals surface area contributed by atoms with Crippen LogP contribution in [0.2, 0.25) is 0 Å². The summed E-state index contributed by atoms with van der Waals surface area (Å²) in [6.07, 6.45) is 19.1. The maximum atomic E-state index is 11.7. The van der Waals surface area contributed by atoms with Crippen LogP contribution < -0.4 is 0 Å². The number of hydrogen-bond donors (Lipinski definition) is 2. The Balaban J connectivity index is 3.29. The van der Waals surface area contributed by atoms with Crippen LogP contribution in [0.15, 0.2) is 0 Å². The van der Waals surface area contributed by atoms with Gasteiger partial charge in [-0.15, -0.1) is 0 Å². The maximum Gasteiger partial charge on any atom is 0.344 e. The van der Waals surface area contributed by atoms with Crippen LogP contribution in [0.25, 0.3) is 0 Å². The van der Waals surface area contributed by atoms with Gasteiger partial charge in [-0.1, -0.05) is 96.8 Å². The quantitative estimate of drug-likeness (QED) is 0.227. The monoisotopic (exact) mass is 391 g/mol. The van der Waals surface area contributed by atoms with E-state index in [0.717, 1.165) is 24.2 Å². The van der Waals surface area contributed by atoms with Gasteiger partial charge in [0, 0.05) is 13.5 Å². The zero-order chi connectivity index (χ0) is 19.7. The van der Waals surface area contributed by atoms with E-state index in [1.165, 1.54) is 84.1 Å². The lowest BCUT2D eigenvalue weighted by Gasteiger charge is -2.17. The van der Waals surface area contributed by atoms with E-state index < -0.39 is 13.9 Å². The van der Waals surface area contributed by atoms with Gasteiger partial charge in [0.1, 0.15) is 6.29 Å². The molecule has 0 saturated carbocycles. The van der Waals surface area contributed by atoms with Gasteiger partial charge in [-0.2, -0.15) is 0 Å². The molecule has 156 valence electrons. The Bertz CT molecular complexity index is 384. The molecule has 5 nitrogen and oxygen atoms in total. The first kappa shape index (κ1) is 25.6. The van der Waals surface area contributed by atoms with Gasteiger partial charge in [0.15, 0.2) is 0 Å². The molecule has 0 spiro atoms. The minimum Gasteiger partial charge on any atom is -0.334 e. The van der Waals surface area contributed by atoms with Crippen molar-refractivity contribution in [1.82, 2.24) is 4.90 Å². The molecule has 0 aromatic heterocycles. The fourth-order valence-corrected chi connectivity index (χ4v) is 3.90. The second-order valence-electron chi connectivity index (χ2n) is 7.60.